The van der Waals surface area contributed by atoms with Crippen molar-refractivity contribution in [2.45, 2.75) is 11.8 Å². The molecule has 1 aliphatic heterocycles. The number of rotatable bonds is 4. The molecular weight excluding hydrogens is 218 g/mol. The van der Waals surface area contributed by atoms with Crippen LogP contribution in [0.1, 0.15) is 6.42 Å². The number of thioether (sulfide) groups is 1. The molecule has 6 heteroatoms. The van der Waals surface area contributed by atoms with Crippen LogP contribution in [0, 0.1) is 0 Å². The van der Waals surface area contributed by atoms with Crippen molar-refractivity contribution < 1.29 is 19.8 Å². The van der Waals surface area contributed by atoms with E-state index in [1.165, 1.54) is 17.8 Å². The van der Waals surface area contributed by atoms with E-state index in [0.29, 0.717) is 11.3 Å². The molecule has 0 bridgehead atoms. The topological polar surface area (TPSA) is 86.6 Å². The third kappa shape index (κ3) is 3.02. The number of hydrogen-bond donors (Lipinski definition) is 3. The summed E-state index contributed by atoms with van der Waals surface area (Å²) in [7, 11) is 0. The minimum atomic E-state index is -1.08. The zero-order valence-corrected chi connectivity index (χ0v) is 8.71. The maximum atomic E-state index is 10.8. The van der Waals surface area contributed by atoms with Crippen LogP contribution in [0.2, 0.25) is 0 Å². The van der Waals surface area contributed by atoms with Gasteiger partial charge in [-0.15, -0.1) is 11.8 Å². The maximum absolute atomic E-state index is 10.8. The molecule has 0 fully saturated rings. The first-order valence-electron chi connectivity index (χ1n) is 4.23. The lowest BCUT2D eigenvalue weighted by atomic mass is 10.2. The van der Waals surface area contributed by atoms with Crippen LogP contribution in [0.5, 0.6) is 0 Å². The van der Waals surface area contributed by atoms with E-state index >= 15 is 0 Å². The molecule has 82 valence electrons. The Bertz CT molecular complexity index is 337. The Morgan fingerprint density at radius 2 is 2.27 bits per heavy atom. The Morgan fingerprint density at radius 3 is 2.73 bits per heavy atom. The lowest BCUT2D eigenvalue weighted by Gasteiger charge is -2.24. The van der Waals surface area contributed by atoms with Crippen LogP contribution in [0.25, 0.3) is 0 Å². The first-order valence-corrected chi connectivity index (χ1v) is 5.28. The third-order valence-electron chi connectivity index (χ3n) is 1.89. The van der Waals surface area contributed by atoms with Crippen LogP contribution in [-0.2, 0) is 9.59 Å². The molecule has 0 spiro atoms. The van der Waals surface area contributed by atoms with Crippen LogP contribution in [0.4, 0.5) is 0 Å². The van der Waals surface area contributed by atoms with Crippen molar-refractivity contribution >= 4 is 23.7 Å². The van der Waals surface area contributed by atoms with Gasteiger partial charge in [-0.3, -0.25) is 4.79 Å². The fourth-order valence-electron chi connectivity index (χ4n) is 1.19. The van der Waals surface area contributed by atoms with Crippen molar-refractivity contribution in [1.82, 2.24) is 5.32 Å². The van der Waals surface area contributed by atoms with E-state index in [2.05, 4.69) is 11.9 Å². The van der Waals surface area contributed by atoms with Gasteiger partial charge in [0.25, 0.3) is 0 Å². The highest BCUT2D eigenvalue weighted by molar-refractivity contribution is 8.00. The average Bonchev–Trinajstić information content (AvgIpc) is 2.16. The molecule has 0 saturated heterocycles. The molecule has 1 aliphatic rings. The summed E-state index contributed by atoms with van der Waals surface area (Å²) in [6, 6.07) is 0. The normalized spacial score (nSPS) is 20.7. The Balaban J connectivity index is 2.78. The van der Waals surface area contributed by atoms with Gasteiger partial charge >= 0.3 is 11.9 Å². The fraction of sp³-hybridized carbons (Fsp3) is 0.333. The van der Waals surface area contributed by atoms with Crippen molar-refractivity contribution in [2.75, 3.05) is 5.75 Å². The van der Waals surface area contributed by atoms with Crippen LogP contribution in [0.3, 0.4) is 0 Å². The van der Waals surface area contributed by atoms with Gasteiger partial charge in [-0.05, 0) is 5.57 Å². The second-order valence-electron chi connectivity index (χ2n) is 2.95. The highest BCUT2D eigenvalue weighted by Crippen LogP contribution is 2.24. The molecule has 0 aromatic heterocycles. The largest absolute Gasteiger partial charge is 0.481 e. The maximum Gasteiger partial charge on any atom is 0.352 e. The fourth-order valence-corrected chi connectivity index (χ4v) is 2.29. The van der Waals surface area contributed by atoms with Gasteiger partial charge in [-0.1, -0.05) is 12.7 Å². The second-order valence-corrected chi connectivity index (χ2v) is 4.14. The number of hydrogen-bond acceptors (Lipinski definition) is 4. The summed E-state index contributed by atoms with van der Waals surface area (Å²) in [6.45, 7) is 3.51. The molecule has 0 aromatic carbocycles. The Morgan fingerprint density at radius 1 is 1.60 bits per heavy atom. The molecule has 0 radical (unpaired) electrons. The van der Waals surface area contributed by atoms with Gasteiger partial charge in [-0.25, -0.2) is 4.79 Å². The van der Waals surface area contributed by atoms with Crippen molar-refractivity contribution in [2.24, 2.45) is 0 Å². The zero-order valence-electron chi connectivity index (χ0n) is 7.90. The summed E-state index contributed by atoms with van der Waals surface area (Å²) in [6.07, 6.45) is 1.37. The smallest absolute Gasteiger partial charge is 0.352 e. The number of aliphatic carboxylic acids is 2. The third-order valence-corrected chi connectivity index (χ3v) is 3.05. The summed E-state index contributed by atoms with van der Waals surface area (Å²) in [5.74, 6) is -1.57. The first-order chi connectivity index (χ1) is 7.04. The van der Waals surface area contributed by atoms with Gasteiger partial charge in [0.05, 0.1) is 11.8 Å². The summed E-state index contributed by atoms with van der Waals surface area (Å²) < 4.78 is 0. The van der Waals surface area contributed by atoms with Crippen LogP contribution in [-0.4, -0.2) is 33.3 Å². The molecule has 0 aromatic rings. The molecule has 0 aliphatic carbocycles. The van der Waals surface area contributed by atoms with Gasteiger partial charge < -0.3 is 15.5 Å². The van der Waals surface area contributed by atoms with E-state index in [1.54, 1.807) is 0 Å². The van der Waals surface area contributed by atoms with Crippen molar-refractivity contribution in [3.63, 3.8) is 0 Å². The van der Waals surface area contributed by atoms with Gasteiger partial charge in [0.15, 0.2) is 0 Å². The first kappa shape index (κ1) is 11.6. The number of nitrogens with one attached hydrogen (secondary N) is 1. The SMILES string of the molecule is C=CC1=C(C(=O)O)NC(CC(=O)O)SC1. The molecule has 1 atom stereocenters. The van der Waals surface area contributed by atoms with E-state index in [-0.39, 0.29) is 12.1 Å². The average molecular weight is 229 g/mol. The summed E-state index contributed by atoms with van der Waals surface area (Å²) >= 11 is 1.36. The predicted molar refractivity (Wildman–Crippen MR) is 56.5 cm³/mol. The second kappa shape index (κ2) is 4.88. The van der Waals surface area contributed by atoms with Gasteiger partial charge in [0.2, 0.25) is 0 Å². The molecule has 1 rings (SSSR count). The van der Waals surface area contributed by atoms with Gasteiger partial charge in [0, 0.05) is 5.75 Å². The van der Waals surface area contributed by atoms with Crippen LogP contribution < -0.4 is 5.32 Å². The minimum Gasteiger partial charge on any atom is -0.481 e. The van der Waals surface area contributed by atoms with Crippen molar-refractivity contribution in [3.8, 4) is 0 Å². The Labute approximate surface area is 90.9 Å². The summed E-state index contributed by atoms with van der Waals surface area (Å²) in [5.41, 5.74) is 0.643. The number of allylic oxidation sites excluding steroid dienone is 1. The summed E-state index contributed by atoms with van der Waals surface area (Å²) in [4.78, 5) is 21.3. The Kier molecular flexibility index (Phi) is 3.79. The lowest BCUT2D eigenvalue weighted by molar-refractivity contribution is -0.137. The van der Waals surface area contributed by atoms with E-state index in [1.807, 2.05) is 0 Å². The molecule has 1 unspecified atom stereocenters. The van der Waals surface area contributed by atoms with E-state index < -0.39 is 17.3 Å². The summed E-state index contributed by atoms with van der Waals surface area (Å²) in [5, 5.41) is 19.7. The van der Waals surface area contributed by atoms with E-state index in [4.69, 9.17) is 10.2 Å². The van der Waals surface area contributed by atoms with Gasteiger partial charge in [-0.2, -0.15) is 0 Å². The molecule has 0 saturated carbocycles. The molecule has 15 heavy (non-hydrogen) atoms. The number of carboxylic acids is 2. The molecule has 0 amide bonds. The minimum absolute atomic E-state index is 0.0509. The van der Waals surface area contributed by atoms with Gasteiger partial charge in [0.1, 0.15) is 5.70 Å². The zero-order chi connectivity index (χ0) is 11.4. The molecule has 5 nitrogen and oxygen atoms in total. The predicted octanol–water partition coefficient (Wildman–Crippen LogP) is 0.648. The monoisotopic (exact) mass is 229 g/mol. The van der Waals surface area contributed by atoms with Crippen LogP contribution in [0.15, 0.2) is 23.9 Å². The molecular formula is C9H11NO4S. The lowest BCUT2D eigenvalue weighted by Crippen LogP contribution is -2.36. The highest BCUT2D eigenvalue weighted by Gasteiger charge is 2.24. The van der Waals surface area contributed by atoms with E-state index in [0.717, 1.165) is 0 Å². The highest BCUT2D eigenvalue weighted by atomic mass is 32.2. The molecule has 3 N–H and O–H groups in total. The number of carboxylic acid groups (broad SMARTS) is 2. The van der Waals surface area contributed by atoms with E-state index in [9.17, 15) is 9.59 Å². The van der Waals surface area contributed by atoms with Crippen molar-refractivity contribution in [3.05, 3.63) is 23.9 Å². The number of carbonyl (C=O) groups is 2. The van der Waals surface area contributed by atoms with Crippen molar-refractivity contribution in [1.29, 1.82) is 0 Å². The standard InChI is InChI=1S/C9H11NO4S/c1-2-5-4-15-6(3-7(11)12)10-8(5)9(13)14/h2,6,10H,1,3-4H2,(H,11,12)(H,13,14). The molecule has 1 heterocycles. The van der Waals surface area contributed by atoms with Crippen LogP contribution >= 0.6 is 11.8 Å². The Hall–Kier alpha value is -1.43. The quantitative estimate of drug-likeness (QED) is 0.656.